The number of hydrogen-bond donors (Lipinski definition) is 2. The minimum Gasteiger partial charge on any atom is -0.312 e. The second-order valence-electron chi connectivity index (χ2n) is 4.17. The summed E-state index contributed by atoms with van der Waals surface area (Å²) in [5.74, 6) is 0. The number of aryl methyl sites for hydroxylation is 1. The van der Waals surface area contributed by atoms with Crippen molar-refractivity contribution in [1.82, 2.24) is 15.0 Å². The summed E-state index contributed by atoms with van der Waals surface area (Å²) in [4.78, 5) is 6.26. The van der Waals surface area contributed by atoms with E-state index in [4.69, 9.17) is 0 Å². The Bertz CT molecular complexity index is 661. The van der Waals surface area contributed by atoms with Crippen molar-refractivity contribution in [1.29, 1.82) is 0 Å². The maximum Gasteiger partial charge on any atom is 0.242 e. The number of nitrogens with one attached hydrogen (secondary N) is 2. The number of nitrogens with zero attached hydrogens (tertiary/aromatic N) is 1. The van der Waals surface area contributed by atoms with Gasteiger partial charge in [-0.25, -0.2) is 18.1 Å². The van der Waals surface area contributed by atoms with E-state index in [1.165, 1.54) is 22.7 Å². The molecule has 0 bridgehead atoms. The van der Waals surface area contributed by atoms with Gasteiger partial charge < -0.3 is 5.32 Å². The summed E-state index contributed by atoms with van der Waals surface area (Å²) in [6.45, 7) is 5.54. The van der Waals surface area contributed by atoms with Crippen LogP contribution in [0.25, 0.3) is 0 Å². The molecular formula is C12H17N3O2S3. The van der Waals surface area contributed by atoms with Crippen molar-refractivity contribution in [2.45, 2.75) is 31.8 Å². The van der Waals surface area contributed by atoms with Crippen LogP contribution in [0.2, 0.25) is 0 Å². The molecule has 0 radical (unpaired) electrons. The monoisotopic (exact) mass is 331 g/mol. The topological polar surface area (TPSA) is 71.1 Å². The Morgan fingerprint density at radius 3 is 2.70 bits per heavy atom. The van der Waals surface area contributed by atoms with Crippen LogP contribution in [-0.2, 0) is 23.1 Å². The van der Waals surface area contributed by atoms with Crippen LogP contribution < -0.4 is 10.0 Å². The Morgan fingerprint density at radius 1 is 1.25 bits per heavy atom. The molecule has 0 aliphatic carbocycles. The third-order valence-electron chi connectivity index (χ3n) is 2.80. The van der Waals surface area contributed by atoms with Gasteiger partial charge in [0.2, 0.25) is 10.0 Å². The molecule has 0 saturated carbocycles. The molecule has 0 spiro atoms. The summed E-state index contributed by atoms with van der Waals surface area (Å²) in [6.07, 6.45) is 0. The van der Waals surface area contributed by atoms with E-state index >= 15 is 0 Å². The van der Waals surface area contributed by atoms with Crippen molar-refractivity contribution >= 4 is 32.7 Å². The second kappa shape index (κ2) is 6.77. The smallest absolute Gasteiger partial charge is 0.242 e. The van der Waals surface area contributed by atoms with Gasteiger partial charge >= 0.3 is 0 Å². The van der Waals surface area contributed by atoms with Crippen LogP contribution in [0.3, 0.4) is 0 Å². The Hall–Kier alpha value is -0.800. The third-order valence-corrected chi connectivity index (χ3v) is 6.27. The fourth-order valence-corrected chi connectivity index (χ4v) is 4.88. The van der Waals surface area contributed by atoms with Gasteiger partial charge in [-0.15, -0.1) is 22.7 Å². The van der Waals surface area contributed by atoms with E-state index in [0.717, 1.165) is 22.0 Å². The van der Waals surface area contributed by atoms with E-state index in [0.29, 0.717) is 11.4 Å². The SMILES string of the molecule is CCNCc1sccc1S(=O)(=O)NCc1scnc1C. The number of thiazole rings is 1. The van der Waals surface area contributed by atoms with Gasteiger partial charge in [0.15, 0.2) is 0 Å². The standard InChI is InChI=1S/C12H17N3O2S3/c1-3-13-6-11-12(4-5-18-11)20(16,17)15-7-10-9(2)14-8-19-10/h4-5,8,13,15H,3,6-7H2,1-2H3. The Kier molecular flexibility index (Phi) is 5.28. The van der Waals surface area contributed by atoms with Crippen molar-refractivity contribution in [3.8, 4) is 0 Å². The van der Waals surface area contributed by atoms with Crippen LogP contribution in [0.15, 0.2) is 21.9 Å². The van der Waals surface area contributed by atoms with Crippen molar-refractivity contribution in [3.05, 3.63) is 32.4 Å². The molecule has 2 heterocycles. The lowest BCUT2D eigenvalue weighted by atomic mass is 10.4. The second-order valence-corrected chi connectivity index (χ2v) is 7.85. The van der Waals surface area contributed by atoms with E-state index < -0.39 is 10.0 Å². The number of hydrogen-bond acceptors (Lipinski definition) is 6. The van der Waals surface area contributed by atoms with Crippen LogP contribution in [-0.4, -0.2) is 19.9 Å². The molecule has 20 heavy (non-hydrogen) atoms. The molecule has 0 aliphatic heterocycles. The van der Waals surface area contributed by atoms with Gasteiger partial charge in [-0.3, -0.25) is 0 Å². The lowest BCUT2D eigenvalue weighted by Crippen LogP contribution is -2.24. The molecule has 2 aromatic rings. The summed E-state index contributed by atoms with van der Waals surface area (Å²) >= 11 is 2.91. The first-order valence-corrected chi connectivity index (χ1v) is 9.44. The lowest BCUT2D eigenvalue weighted by molar-refractivity contribution is 0.580. The fourth-order valence-electron chi connectivity index (χ4n) is 1.67. The number of aromatic nitrogens is 1. The Morgan fingerprint density at radius 2 is 2.05 bits per heavy atom. The molecule has 0 aromatic carbocycles. The highest BCUT2D eigenvalue weighted by Gasteiger charge is 2.19. The van der Waals surface area contributed by atoms with Crippen LogP contribution >= 0.6 is 22.7 Å². The average Bonchev–Trinajstić information content (AvgIpc) is 3.03. The van der Waals surface area contributed by atoms with Gasteiger partial charge in [-0.2, -0.15) is 0 Å². The van der Waals surface area contributed by atoms with Crippen LogP contribution in [0.4, 0.5) is 0 Å². The molecular weight excluding hydrogens is 314 g/mol. The van der Waals surface area contributed by atoms with Gasteiger partial charge in [-0.1, -0.05) is 6.92 Å². The minimum absolute atomic E-state index is 0.287. The van der Waals surface area contributed by atoms with Gasteiger partial charge in [0.05, 0.1) is 16.1 Å². The summed E-state index contributed by atoms with van der Waals surface area (Å²) in [6, 6.07) is 1.65. The minimum atomic E-state index is -3.47. The number of sulfonamides is 1. The van der Waals surface area contributed by atoms with Crippen LogP contribution in [0.5, 0.6) is 0 Å². The lowest BCUT2D eigenvalue weighted by Gasteiger charge is -2.07. The highest BCUT2D eigenvalue weighted by atomic mass is 32.2. The molecule has 5 nitrogen and oxygen atoms in total. The first-order chi connectivity index (χ1) is 9.54. The fraction of sp³-hybridized carbons (Fsp3) is 0.417. The highest BCUT2D eigenvalue weighted by Crippen LogP contribution is 2.22. The van der Waals surface area contributed by atoms with E-state index in [-0.39, 0.29) is 6.54 Å². The van der Waals surface area contributed by atoms with Crippen molar-refractivity contribution < 1.29 is 8.42 Å². The van der Waals surface area contributed by atoms with Crippen molar-refractivity contribution in [2.75, 3.05) is 6.54 Å². The quantitative estimate of drug-likeness (QED) is 0.815. The zero-order chi connectivity index (χ0) is 14.6. The zero-order valence-electron chi connectivity index (χ0n) is 11.3. The molecule has 0 saturated heterocycles. The molecule has 0 unspecified atom stereocenters. The van der Waals surface area contributed by atoms with E-state index in [2.05, 4.69) is 15.0 Å². The normalized spacial score (nSPS) is 11.9. The summed E-state index contributed by atoms with van der Waals surface area (Å²) < 4.78 is 27.3. The Balaban J connectivity index is 2.10. The Labute approximate surface area is 127 Å². The molecule has 0 amide bonds. The molecule has 2 aromatic heterocycles. The number of thiophene rings is 1. The third kappa shape index (κ3) is 3.64. The van der Waals surface area contributed by atoms with Crippen LogP contribution in [0.1, 0.15) is 22.4 Å². The summed E-state index contributed by atoms with van der Waals surface area (Å²) in [5.41, 5.74) is 2.59. The summed E-state index contributed by atoms with van der Waals surface area (Å²) in [5, 5.41) is 4.96. The molecule has 2 rings (SSSR count). The van der Waals surface area contributed by atoms with E-state index in [9.17, 15) is 8.42 Å². The van der Waals surface area contributed by atoms with E-state index in [1.807, 2.05) is 13.8 Å². The van der Waals surface area contributed by atoms with Crippen molar-refractivity contribution in [2.24, 2.45) is 0 Å². The van der Waals surface area contributed by atoms with Gasteiger partial charge in [0, 0.05) is 22.8 Å². The first-order valence-electron chi connectivity index (χ1n) is 6.20. The van der Waals surface area contributed by atoms with Crippen molar-refractivity contribution in [3.63, 3.8) is 0 Å². The molecule has 110 valence electrons. The molecule has 0 aliphatic rings. The van der Waals surface area contributed by atoms with Gasteiger partial charge in [0.25, 0.3) is 0 Å². The number of rotatable bonds is 7. The average molecular weight is 331 g/mol. The first kappa shape index (κ1) is 15.6. The predicted molar refractivity (Wildman–Crippen MR) is 82.6 cm³/mol. The largest absolute Gasteiger partial charge is 0.312 e. The maximum atomic E-state index is 12.3. The molecule has 0 fully saturated rings. The molecule has 2 N–H and O–H groups in total. The molecule has 8 heteroatoms. The molecule has 0 atom stereocenters. The zero-order valence-corrected chi connectivity index (χ0v) is 13.8. The van der Waals surface area contributed by atoms with Gasteiger partial charge in [-0.05, 0) is 24.9 Å². The maximum absolute atomic E-state index is 12.3. The van der Waals surface area contributed by atoms with Crippen LogP contribution in [0, 0.1) is 6.92 Å². The van der Waals surface area contributed by atoms with Gasteiger partial charge in [0.1, 0.15) is 0 Å². The highest BCUT2D eigenvalue weighted by molar-refractivity contribution is 7.89. The van der Waals surface area contributed by atoms with E-state index in [1.54, 1.807) is 17.0 Å². The predicted octanol–water partition coefficient (Wildman–Crippen LogP) is 2.10. The summed E-state index contributed by atoms with van der Waals surface area (Å²) in [7, 11) is -3.47.